The number of hydrogen-bond acceptors (Lipinski definition) is 3. The van der Waals surface area contributed by atoms with E-state index in [-0.39, 0.29) is 0 Å². The lowest BCUT2D eigenvalue weighted by Gasteiger charge is -2.27. The van der Waals surface area contributed by atoms with Crippen LogP contribution in [0.4, 0.5) is 0 Å². The fourth-order valence-electron chi connectivity index (χ4n) is 3.07. The first-order valence-corrected chi connectivity index (χ1v) is 8.64. The fourth-order valence-corrected chi connectivity index (χ4v) is 4.08. The predicted molar refractivity (Wildman–Crippen MR) is 85.3 cm³/mol. The van der Waals surface area contributed by atoms with Gasteiger partial charge in [0.1, 0.15) is 0 Å². The molecule has 0 saturated carbocycles. The number of thiophene rings is 1. The molecule has 0 fully saturated rings. The van der Waals surface area contributed by atoms with Gasteiger partial charge in [0.25, 0.3) is 0 Å². The minimum absolute atomic E-state index is 0.587. The molecule has 3 heteroatoms. The summed E-state index contributed by atoms with van der Waals surface area (Å²) in [6, 6.07) is 2.93. The van der Waals surface area contributed by atoms with E-state index in [1.807, 2.05) is 11.3 Å². The van der Waals surface area contributed by atoms with E-state index >= 15 is 0 Å². The van der Waals surface area contributed by atoms with Crippen LogP contribution in [0.1, 0.15) is 50.0 Å². The van der Waals surface area contributed by atoms with Gasteiger partial charge in [-0.25, -0.2) is 0 Å². The summed E-state index contributed by atoms with van der Waals surface area (Å²) in [5, 5.41) is 6.01. The molecule has 0 aromatic carbocycles. The van der Waals surface area contributed by atoms with Crippen molar-refractivity contribution >= 4 is 11.3 Å². The number of rotatable bonds is 7. The summed E-state index contributed by atoms with van der Waals surface area (Å²) in [7, 11) is 0. The van der Waals surface area contributed by atoms with E-state index in [4.69, 9.17) is 0 Å². The smallest absolute Gasteiger partial charge is 0.0166 e. The monoisotopic (exact) mass is 280 g/mol. The predicted octanol–water partition coefficient (Wildman–Crippen LogP) is 3.49. The molecule has 1 N–H and O–H groups in total. The first-order chi connectivity index (χ1) is 9.24. The molecule has 1 aromatic heterocycles. The summed E-state index contributed by atoms with van der Waals surface area (Å²) in [5.74, 6) is 0.745. The van der Waals surface area contributed by atoms with Crippen molar-refractivity contribution in [3.63, 3.8) is 0 Å². The zero-order valence-electron chi connectivity index (χ0n) is 12.6. The van der Waals surface area contributed by atoms with E-state index in [2.05, 4.69) is 42.4 Å². The van der Waals surface area contributed by atoms with E-state index in [9.17, 15) is 0 Å². The number of hydrogen-bond donors (Lipinski definition) is 1. The molecule has 0 spiro atoms. The first kappa shape index (κ1) is 15.0. The maximum Gasteiger partial charge on any atom is 0.0166 e. The molecule has 19 heavy (non-hydrogen) atoms. The topological polar surface area (TPSA) is 15.3 Å². The first-order valence-electron chi connectivity index (χ1n) is 7.76. The van der Waals surface area contributed by atoms with Crippen LogP contribution in [0.2, 0.25) is 0 Å². The second-order valence-corrected chi connectivity index (χ2v) is 6.68. The van der Waals surface area contributed by atoms with Crippen molar-refractivity contribution in [3.05, 3.63) is 21.9 Å². The highest BCUT2D eigenvalue weighted by atomic mass is 32.1. The standard InChI is InChI=1S/C16H28N2S/c1-4-18(5-2)12-13(3)17-11-14-7-6-8-16-15(14)9-10-19-16/h9-10,13-14,17H,4-8,11-12H2,1-3H3. The van der Waals surface area contributed by atoms with Gasteiger partial charge in [-0.3, -0.25) is 0 Å². The lowest BCUT2D eigenvalue weighted by molar-refractivity contribution is 0.268. The van der Waals surface area contributed by atoms with E-state index in [1.165, 1.54) is 19.3 Å². The highest BCUT2D eigenvalue weighted by Gasteiger charge is 2.21. The van der Waals surface area contributed by atoms with Crippen molar-refractivity contribution in [2.45, 2.75) is 52.0 Å². The Morgan fingerprint density at radius 3 is 2.95 bits per heavy atom. The Labute approximate surface area is 122 Å². The minimum Gasteiger partial charge on any atom is -0.312 e. The van der Waals surface area contributed by atoms with Gasteiger partial charge >= 0.3 is 0 Å². The summed E-state index contributed by atoms with van der Waals surface area (Å²) < 4.78 is 0. The van der Waals surface area contributed by atoms with Crippen molar-refractivity contribution in [2.24, 2.45) is 0 Å². The lowest BCUT2D eigenvalue weighted by atomic mass is 9.87. The lowest BCUT2D eigenvalue weighted by Crippen LogP contribution is -2.40. The Morgan fingerprint density at radius 1 is 1.42 bits per heavy atom. The molecule has 2 unspecified atom stereocenters. The van der Waals surface area contributed by atoms with Gasteiger partial charge in [0.15, 0.2) is 0 Å². The maximum absolute atomic E-state index is 3.75. The second-order valence-electron chi connectivity index (χ2n) is 5.68. The average molecular weight is 280 g/mol. The molecule has 0 amide bonds. The third-order valence-corrected chi connectivity index (χ3v) is 5.31. The van der Waals surface area contributed by atoms with Gasteiger partial charge in [-0.05, 0) is 62.2 Å². The van der Waals surface area contributed by atoms with E-state index in [0.29, 0.717) is 6.04 Å². The molecule has 1 heterocycles. The van der Waals surface area contributed by atoms with Crippen LogP contribution in [0.15, 0.2) is 11.4 Å². The van der Waals surface area contributed by atoms with E-state index in [1.54, 1.807) is 10.4 Å². The Morgan fingerprint density at radius 2 is 2.21 bits per heavy atom. The largest absolute Gasteiger partial charge is 0.312 e. The van der Waals surface area contributed by atoms with Gasteiger partial charge in [0.2, 0.25) is 0 Å². The SMILES string of the molecule is CCN(CC)CC(C)NCC1CCCc2sccc21. The molecule has 1 aliphatic rings. The van der Waals surface area contributed by atoms with Gasteiger partial charge in [-0.1, -0.05) is 13.8 Å². The van der Waals surface area contributed by atoms with E-state index < -0.39 is 0 Å². The molecule has 1 aliphatic carbocycles. The molecule has 0 aliphatic heterocycles. The van der Waals surface area contributed by atoms with Crippen molar-refractivity contribution in [1.82, 2.24) is 10.2 Å². The Hall–Kier alpha value is -0.380. The third kappa shape index (κ3) is 4.04. The number of nitrogens with one attached hydrogen (secondary N) is 1. The molecule has 0 saturated heterocycles. The van der Waals surface area contributed by atoms with Crippen molar-refractivity contribution in [1.29, 1.82) is 0 Å². The molecule has 0 bridgehead atoms. The molecule has 2 nitrogen and oxygen atoms in total. The normalized spacial score (nSPS) is 20.5. The van der Waals surface area contributed by atoms with Crippen LogP contribution >= 0.6 is 11.3 Å². The molecule has 2 atom stereocenters. The molecule has 108 valence electrons. The van der Waals surface area contributed by atoms with Crippen LogP contribution < -0.4 is 5.32 Å². The van der Waals surface area contributed by atoms with E-state index in [0.717, 1.165) is 32.1 Å². The maximum atomic E-state index is 3.75. The zero-order chi connectivity index (χ0) is 13.7. The van der Waals surface area contributed by atoms with Crippen molar-refractivity contribution in [3.8, 4) is 0 Å². The average Bonchev–Trinajstić information content (AvgIpc) is 2.91. The molecular formula is C16H28N2S. The minimum atomic E-state index is 0.587. The van der Waals surface area contributed by atoms with Crippen LogP contribution in [-0.4, -0.2) is 37.1 Å². The summed E-state index contributed by atoms with van der Waals surface area (Å²) in [6.45, 7) is 11.4. The molecule has 1 aromatic rings. The van der Waals surface area contributed by atoms with Crippen LogP contribution in [0, 0.1) is 0 Å². The quantitative estimate of drug-likeness (QED) is 0.822. The zero-order valence-corrected chi connectivity index (χ0v) is 13.4. The highest BCUT2D eigenvalue weighted by molar-refractivity contribution is 7.10. The number of likely N-dealkylation sites (N-methyl/N-ethyl adjacent to an activating group) is 1. The second kappa shape index (κ2) is 7.41. The van der Waals surface area contributed by atoms with Crippen molar-refractivity contribution in [2.75, 3.05) is 26.2 Å². The van der Waals surface area contributed by atoms with Crippen LogP contribution in [0.5, 0.6) is 0 Å². The fraction of sp³-hybridized carbons (Fsp3) is 0.750. The molecule has 0 radical (unpaired) electrons. The van der Waals surface area contributed by atoms with Gasteiger partial charge in [-0.15, -0.1) is 11.3 Å². The molecule has 2 rings (SSSR count). The van der Waals surface area contributed by atoms with Gasteiger partial charge < -0.3 is 10.2 Å². The van der Waals surface area contributed by atoms with Crippen molar-refractivity contribution < 1.29 is 0 Å². The number of nitrogens with zero attached hydrogens (tertiary/aromatic N) is 1. The summed E-state index contributed by atoms with van der Waals surface area (Å²) in [4.78, 5) is 4.13. The van der Waals surface area contributed by atoms with Crippen LogP contribution in [-0.2, 0) is 6.42 Å². The summed E-state index contributed by atoms with van der Waals surface area (Å²) in [6.07, 6.45) is 4.03. The van der Waals surface area contributed by atoms with Crippen LogP contribution in [0.25, 0.3) is 0 Å². The summed E-state index contributed by atoms with van der Waals surface area (Å²) in [5.41, 5.74) is 1.62. The number of fused-ring (bicyclic) bond motifs is 1. The van der Waals surface area contributed by atoms with Gasteiger partial charge in [-0.2, -0.15) is 0 Å². The Balaban J connectivity index is 1.80. The van der Waals surface area contributed by atoms with Gasteiger partial charge in [0, 0.05) is 24.0 Å². The third-order valence-electron chi connectivity index (χ3n) is 4.32. The van der Waals surface area contributed by atoms with Crippen LogP contribution in [0.3, 0.4) is 0 Å². The molecular weight excluding hydrogens is 252 g/mol. The Kier molecular flexibility index (Phi) is 5.86. The highest BCUT2D eigenvalue weighted by Crippen LogP contribution is 2.34. The number of aryl methyl sites for hydroxylation is 1. The Bertz CT molecular complexity index is 371. The summed E-state index contributed by atoms with van der Waals surface area (Å²) >= 11 is 1.95. The van der Waals surface area contributed by atoms with Gasteiger partial charge in [0.05, 0.1) is 0 Å².